The average Bonchev–Trinajstić information content (AvgIpc) is 3.41. The maximum absolute atomic E-state index is 13.8. The summed E-state index contributed by atoms with van der Waals surface area (Å²) in [6.45, 7) is 4.22. The van der Waals surface area contributed by atoms with Crippen molar-refractivity contribution in [1.29, 1.82) is 0 Å². The lowest BCUT2D eigenvalue weighted by atomic mass is 10.0. The molecule has 0 radical (unpaired) electrons. The molecule has 5 aromatic rings. The predicted octanol–water partition coefficient (Wildman–Crippen LogP) is 6.63. The number of H-pyrrole nitrogens is 1. The molecular formula is C32H31Cl2N5O2. The number of rotatable bonds is 5. The maximum atomic E-state index is 13.8. The number of nitrogens with zero attached hydrogens (tertiary/aromatic N) is 3. The Hall–Kier alpha value is -4.33. The van der Waals surface area contributed by atoms with Gasteiger partial charge in [-0.05, 0) is 53.6 Å². The molecule has 7 nitrogen and oxygen atoms in total. The van der Waals surface area contributed by atoms with Crippen LogP contribution in [-0.2, 0) is 13.1 Å². The van der Waals surface area contributed by atoms with Gasteiger partial charge in [0.05, 0.1) is 18.6 Å². The van der Waals surface area contributed by atoms with E-state index in [0.717, 1.165) is 33.3 Å². The number of carbonyl (C=O) groups is 2. The molecule has 0 unspecified atom stereocenters. The van der Waals surface area contributed by atoms with Crippen molar-refractivity contribution in [2.75, 3.05) is 23.3 Å². The number of aromatic nitrogens is 2. The number of fused-ring (bicyclic) bond motifs is 2. The fourth-order valence-corrected chi connectivity index (χ4v) is 5.20. The van der Waals surface area contributed by atoms with E-state index in [2.05, 4.69) is 20.2 Å². The molecule has 1 aliphatic rings. The molecule has 41 heavy (non-hydrogen) atoms. The zero-order valence-electron chi connectivity index (χ0n) is 22.5. The molecule has 0 fully saturated rings. The monoisotopic (exact) mass is 587 g/mol. The van der Waals surface area contributed by atoms with Crippen molar-refractivity contribution in [3.63, 3.8) is 0 Å². The van der Waals surface area contributed by atoms with Crippen molar-refractivity contribution in [2.45, 2.75) is 20.0 Å². The lowest BCUT2D eigenvalue weighted by molar-refractivity contribution is 0.0753. The number of nitrogens with one attached hydrogen (secondary N) is 2. The summed E-state index contributed by atoms with van der Waals surface area (Å²) in [4.78, 5) is 38.4. The van der Waals surface area contributed by atoms with Gasteiger partial charge in [-0.25, -0.2) is 4.98 Å². The van der Waals surface area contributed by atoms with Crippen molar-refractivity contribution in [1.82, 2.24) is 14.9 Å². The summed E-state index contributed by atoms with van der Waals surface area (Å²) < 4.78 is 0. The van der Waals surface area contributed by atoms with Gasteiger partial charge in [-0.2, -0.15) is 0 Å². The summed E-state index contributed by atoms with van der Waals surface area (Å²) >= 11 is 0. The minimum atomic E-state index is -0.154. The fourth-order valence-electron chi connectivity index (χ4n) is 5.20. The number of anilines is 2. The third-order valence-corrected chi connectivity index (χ3v) is 7.18. The van der Waals surface area contributed by atoms with Gasteiger partial charge in [-0.1, -0.05) is 60.2 Å². The van der Waals surface area contributed by atoms with E-state index in [1.54, 1.807) is 6.33 Å². The van der Waals surface area contributed by atoms with Crippen molar-refractivity contribution in [3.8, 4) is 0 Å². The van der Waals surface area contributed by atoms with E-state index in [9.17, 15) is 9.59 Å². The Labute approximate surface area is 251 Å². The van der Waals surface area contributed by atoms with E-state index in [4.69, 9.17) is 0 Å². The summed E-state index contributed by atoms with van der Waals surface area (Å²) in [5.74, 6) is -0.143. The van der Waals surface area contributed by atoms with Gasteiger partial charge in [0.25, 0.3) is 11.8 Å². The van der Waals surface area contributed by atoms with E-state index in [0.29, 0.717) is 43.0 Å². The molecule has 4 aromatic carbocycles. The summed E-state index contributed by atoms with van der Waals surface area (Å²) in [6, 6.07) is 27.3. The van der Waals surface area contributed by atoms with E-state index in [-0.39, 0.29) is 36.6 Å². The topological polar surface area (TPSA) is 81.3 Å². The molecule has 9 heteroatoms. The lowest BCUT2D eigenvalue weighted by Gasteiger charge is -2.25. The van der Waals surface area contributed by atoms with Gasteiger partial charge in [-0.15, -0.1) is 24.8 Å². The first kappa shape index (κ1) is 29.6. The van der Waals surface area contributed by atoms with Crippen LogP contribution in [0, 0.1) is 6.92 Å². The molecule has 6 rings (SSSR count). The van der Waals surface area contributed by atoms with Gasteiger partial charge in [0.2, 0.25) is 0 Å². The summed E-state index contributed by atoms with van der Waals surface area (Å²) in [6.07, 6.45) is 3.55. The number of halogens is 2. The Bertz CT molecular complexity index is 1670. The van der Waals surface area contributed by atoms with Gasteiger partial charge >= 0.3 is 0 Å². The van der Waals surface area contributed by atoms with Gasteiger partial charge in [0.15, 0.2) is 0 Å². The Morgan fingerprint density at radius 2 is 1.73 bits per heavy atom. The molecule has 0 atom stereocenters. The third kappa shape index (κ3) is 6.37. The van der Waals surface area contributed by atoms with Crippen LogP contribution >= 0.6 is 24.8 Å². The third-order valence-electron chi connectivity index (χ3n) is 7.18. The second-order valence-electron chi connectivity index (χ2n) is 9.90. The Morgan fingerprint density at radius 3 is 2.54 bits per heavy atom. The standard InChI is InChI=1S/C32H29N5O2.2ClH/c1-22-6-4-9-24(16-22)31(38)35-26-13-12-25-19-37(15-14-36(30(25)17-26)20-27-18-33-21-34-27)32(39)29-11-5-8-23-7-2-3-10-28(23)29;;/h2-13,16-18,21H,14-15,19-20H2,1H3,(H,33,34)(H,35,38);2*1H. The van der Waals surface area contributed by atoms with Crippen molar-refractivity contribution in [2.24, 2.45) is 0 Å². The Balaban J connectivity index is 0.00000194. The molecular weight excluding hydrogens is 557 g/mol. The lowest BCUT2D eigenvalue weighted by Crippen LogP contribution is -2.35. The number of carbonyl (C=O) groups excluding carboxylic acids is 2. The van der Waals surface area contributed by atoms with Crippen LogP contribution in [0.2, 0.25) is 0 Å². The molecule has 1 aliphatic heterocycles. The first-order valence-electron chi connectivity index (χ1n) is 13.1. The van der Waals surface area contributed by atoms with Crippen LogP contribution in [0.1, 0.15) is 37.5 Å². The minimum Gasteiger partial charge on any atom is -0.363 e. The molecule has 0 bridgehead atoms. The maximum Gasteiger partial charge on any atom is 0.255 e. The number of amides is 2. The number of benzene rings is 4. The fraction of sp³-hybridized carbons (Fsp3) is 0.156. The van der Waals surface area contributed by atoms with Gasteiger partial charge < -0.3 is 20.1 Å². The molecule has 1 aromatic heterocycles. The van der Waals surface area contributed by atoms with E-state index < -0.39 is 0 Å². The van der Waals surface area contributed by atoms with Crippen molar-refractivity contribution in [3.05, 3.63) is 125 Å². The SMILES string of the molecule is Cc1cccc(C(=O)Nc2ccc3c(c2)N(Cc2c[nH]cn2)CCN(C(=O)c2cccc4ccccc24)C3)c1.Cl.Cl. The number of aromatic amines is 1. The highest BCUT2D eigenvalue weighted by Gasteiger charge is 2.26. The van der Waals surface area contributed by atoms with Crippen LogP contribution in [0.4, 0.5) is 11.4 Å². The van der Waals surface area contributed by atoms with E-state index in [1.807, 2.05) is 103 Å². The quantitative estimate of drug-likeness (QED) is 0.242. The number of hydrogen-bond acceptors (Lipinski definition) is 4. The zero-order chi connectivity index (χ0) is 26.8. The second-order valence-corrected chi connectivity index (χ2v) is 9.90. The summed E-state index contributed by atoms with van der Waals surface area (Å²) in [5.41, 5.74) is 5.97. The molecule has 0 saturated carbocycles. The molecule has 0 aliphatic carbocycles. The molecule has 210 valence electrons. The molecule has 0 spiro atoms. The van der Waals surface area contributed by atoms with Crippen LogP contribution in [-0.4, -0.2) is 39.8 Å². The summed E-state index contributed by atoms with van der Waals surface area (Å²) in [5, 5.41) is 5.05. The average molecular weight is 589 g/mol. The number of aryl methyl sites for hydroxylation is 1. The van der Waals surface area contributed by atoms with E-state index >= 15 is 0 Å². The van der Waals surface area contributed by atoms with Crippen LogP contribution < -0.4 is 10.2 Å². The van der Waals surface area contributed by atoms with Gasteiger partial charge in [0, 0.05) is 48.3 Å². The van der Waals surface area contributed by atoms with Crippen LogP contribution in [0.25, 0.3) is 10.8 Å². The highest BCUT2D eigenvalue weighted by molar-refractivity contribution is 6.07. The van der Waals surface area contributed by atoms with Crippen LogP contribution in [0.3, 0.4) is 0 Å². The van der Waals surface area contributed by atoms with Crippen LogP contribution in [0.15, 0.2) is 97.5 Å². The van der Waals surface area contributed by atoms with Crippen molar-refractivity contribution < 1.29 is 9.59 Å². The minimum absolute atomic E-state index is 0. The first-order chi connectivity index (χ1) is 19.0. The normalized spacial score (nSPS) is 12.5. The van der Waals surface area contributed by atoms with Crippen LogP contribution in [0.5, 0.6) is 0 Å². The highest BCUT2D eigenvalue weighted by atomic mass is 35.5. The predicted molar refractivity (Wildman–Crippen MR) is 168 cm³/mol. The molecule has 0 saturated heterocycles. The zero-order valence-corrected chi connectivity index (χ0v) is 24.2. The molecule has 2 amide bonds. The molecule has 2 heterocycles. The summed E-state index contributed by atoms with van der Waals surface area (Å²) in [7, 11) is 0. The van der Waals surface area contributed by atoms with Gasteiger partial charge in [0.1, 0.15) is 0 Å². The van der Waals surface area contributed by atoms with Gasteiger partial charge in [-0.3, -0.25) is 9.59 Å². The smallest absolute Gasteiger partial charge is 0.255 e. The Kier molecular flexibility index (Phi) is 9.32. The second kappa shape index (κ2) is 12.9. The van der Waals surface area contributed by atoms with E-state index in [1.165, 1.54) is 0 Å². The highest BCUT2D eigenvalue weighted by Crippen LogP contribution is 2.31. The number of hydrogen-bond donors (Lipinski definition) is 2. The molecule has 2 N–H and O–H groups in total. The largest absolute Gasteiger partial charge is 0.363 e. The van der Waals surface area contributed by atoms with Crippen molar-refractivity contribution >= 4 is 58.8 Å². The first-order valence-corrected chi connectivity index (χ1v) is 13.1. The Morgan fingerprint density at radius 1 is 0.927 bits per heavy atom. The number of imidazole rings is 1.